The largest absolute Gasteiger partial charge is 0.485 e. The lowest BCUT2D eigenvalue weighted by Gasteiger charge is -2.07. The topological polar surface area (TPSA) is 47.9 Å². The molecule has 0 aliphatic rings. The Labute approximate surface area is 175 Å². The number of Topliss-reactive ketones (excluding diaryl/α,β-unsaturated/α-hetero) is 1. The number of halogens is 3. The normalized spacial score (nSPS) is 11.6. The Hall–Kier alpha value is -3.13. The third-order valence-corrected chi connectivity index (χ3v) is 5.10. The number of hydrogen-bond donors (Lipinski definition) is 0. The van der Waals surface area contributed by atoms with Gasteiger partial charge in [0.1, 0.15) is 12.4 Å². The van der Waals surface area contributed by atoms with Crippen LogP contribution < -0.4 is 4.74 Å². The monoisotopic (exact) mass is 433 g/mol. The molecule has 0 atom stereocenters. The van der Waals surface area contributed by atoms with Gasteiger partial charge in [-0.2, -0.15) is 13.2 Å². The van der Waals surface area contributed by atoms with Crippen LogP contribution in [0.1, 0.15) is 31.2 Å². The molecule has 0 saturated carbocycles. The first-order valence-electron chi connectivity index (χ1n) is 8.95. The molecule has 0 aliphatic carbocycles. The van der Waals surface area contributed by atoms with Gasteiger partial charge in [-0.15, -0.1) is 11.3 Å². The molecule has 0 saturated heterocycles. The van der Waals surface area contributed by atoms with Crippen molar-refractivity contribution in [3.63, 3.8) is 0 Å². The highest BCUT2D eigenvalue weighted by molar-refractivity contribution is 7.14. The smallest absolute Gasteiger partial charge is 0.416 e. The van der Waals surface area contributed by atoms with Gasteiger partial charge in [-0.1, -0.05) is 17.3 Å². The first-order chi connectivity index (χ1) is 14.3. The number of aryl methyl sites for hydroxylation is 1. The molecule has 0 amide bonds. The summed E-state index contributed by atoms with van der Waals surface area (Å²) in [6.45, 7) is 1.96. The number of alkyl halides is 3. The summed E-state index contributed by atoms with van der Waals surface area (Å²) in [5, 5.41) is 3.81. The molecule has 0 N–H and O–H groups in total. The average Bonchev–Trinajstić information content (AvgIpc) is 3.16. The summed E-state index contributed by atoms with van der Waals surface area (Å²) in [6.07, 6.45) is -2.88. The van der Waals surface area contributed by atoms with E-state index in [1.54, 1.807) is 30.3 Å². The van der Waals surface area contributed by atoms with Crippen LogP contribution in [0.4, 0.5) is 13.2 Å². The van der Waals surface area contributed by atoms with Gasteiger partial charge in [0.05, 0.1) is 16.7 Å². The number of benzene rings is 2. The van der Waals surface area contributed by atoms with Crippen molar-refractivity contribution in [3.8, 4) is 5.75 Å². The molecular formula is C22H18F3NO3S. The molecule has 0 fully saturated rings. The maximum atomic E-state index is 12.5. The zero-order valence-electron chi connectivity index (χ0n) is 16.0. The first-order valence-corrected chi connectivity index (χ1v) is 9.77. The quantitative estimate of drug-likeness (QED) is 0.253. The van der Waals surface area contributed by atoms with E-state index in [-0.39, 0.29) is 19.0 Å². The number of thiophene rings is 1. The molecule has 3 aromatic rings. The lowest BCUT2D eigenvalue weighted by molar-refractivity contribution is -0.137. The van der Waals surface area contributed by atoms with E-state index in [4.69, 9.17) is 9.57 Å². The Morgan fingerprint density at radius 1 is 1.03 bits per heavy atom. The van der Waals surface area contributed by atoms with Gasteiger partial charge < -0.3 is 9.57 Å². The third-order valence-electron chi connectivity index (χ3n) is 4.05. The Bertz CT molecular complexity index is 1010. The number of ether oxygens (including phenoxy) is 1. The minimum absolute atomic E-state index is 0.0381. The second kappa shape index (κ2) is 9.58. The van der Waals surface area contributed by atoms with Crippen LogP contribution in [-0.2, 0) is 17.6 Å². The number of ketones is 1. The van der Waals surface area contributed by atoms with Gasteiger partial charge in [-0.05, 0) is 66.6 Å². The zero-order chi connectivity index (χ0) is 21.6. The second-order valence-corrected chi connectivity index (χ2v) is 7.68. The number of carbonyl (C=O) groups is 1. The molecular weight excluding hydrogens is 415 g/mol. The van der Waals surface area contributed by atoms with Gasteiger partial charge in [-0.25, -0.2) is 0 Å². The van der Waals surface area contributed by atoms with Crippen molar-refractivity contribution in [2.75, 3.05) is 6.61 Å². The van der Waals surface area contributed by atoms with Crippen molar-refractivity contribution in [1.29, 1.82) is 0 Å². The van der Waals surface area contributed by atoms with Crippen molar-refractivity contribution in [2.24, 2.45) is 5.16 Å². The molecule has 0 spiro atoms. The van der Waals surface area contributed by atoms with Crippen LogP contribution in [0.2, 0.25) is 0 Å². The Morgan fingerprint density at radius 2 is 1.73 bits per heavy atom. The Morgan fingerprint density at radius 3 is 2.33 bits per heavy atom. The molecule has 3 rings (SSSR count). The fraction of sp³-hybridized carbons (Fsp3) is 0.182. The molecule has 0 radical (unpaired) electrons. The van der Waals surface area contributed by atoms with Crippen LogP contribution >= 0.6 is 11.3 Å². The van der Waals surface area contributed by atoms with Gasteiger partial charge in [0.25, 0.3) is 0 Å². The van der Waals surface area contributed by atoms with Gasteiger partial charge in [0.2, 0.25) is 5.78 Å². The van der Waals surface area contributed by atoms with Gasteiger partial charge in [0, 0.05) is 4.88 Å². The van der Waals surface area contributed by atoms with Crippen molar-refractivity contribution < 1.29 is 27.5 Å². The minimum Gasteiger partial charge on any atom is -0.485 e. The van der Waals surface area contributed by atoms with E-state index in [0.717, 1.165) is 22.6 Å². The van der Waals surface area contributed by atoms with Crippen LogP contribution in [0.15, 0.2) is 65.8 Å². The fourth-order valence-corrected chi connectivity index (χ4v) is 3.25. The number of oxime groups is 1. The van der Waals surface area contributed by atoms with Crippen molar-refractivity contribution in [1.82, 2.24) is 0 Å². The SMILES string of the molecule is Cc1ccc(C(=O)COc2ccc(C=NOCc3ccc(C(F)(F)F)cc3)cc2)s1. The highest BCUT2D eigenvalue weighted by Crippen LogP contribution is 2.29. The van der Waals surface area contributed by atoms with E-state index < -0.39 is 11.7 Å². The Balaban J connectivity index is 1.44. The summed E-state index contributed by atoms with van der Waals surface area (Å²) < 4.78 is 43.1. The number of rotatable bonds is 8. The molecule has 0 unspecified atom stereocenters. The highest BCUT2D eigenvalue weighted by atomic mass is 32.1. The van der Waals surface area contributed by atoms with Crippen LogP contribution in [0.5, 0.6) is 5.75 Å². The standard InChI is InChI=1S/C22H18F3NO3S/c1-15-2-11-21(30-15)20(27)14-28-19-9-5-16(6-10-19)12-26-29-13-17-3-7-18(8-4-17)22(23,24)25/h2-12H,13-14H2,1H3. The average molecular weight is 433 g/mol. The summed E-state index contributed by atoms with van der Waals surface area (Å²) in [7, 11) is 0. The van der Waals surface area contributed by atoms with E-state index in [0.29, 0.717) is 16.2 Å². The lowest BCUT2D eigenvalue weighted by Crippen LogP contribution is -2.10. The molecule has 4 nitrogen and oxygen atoms in total. The van der Waals surface area contributed by atoms with Crippen molar-refractivity contribution in [2.45, 2.75) is 19.7 Å². The van der Waals surface area contributed by atoms with Crippen molar-refractivity contribution in [3.05, 3.63) is 87.1 Å². The van der Waals surface area contributed by atoms with E-state index in [2.05, 4.69) is 5.16 Å². The minimum atomic E-state index is -4.36. The van der Waals surface area contributed by atoms with Crippen LogP contribution in [0.3, 0.4) is 0 Å². The van der Waals surface area contributed by atoms with E-state index in [9.17, 15) is 18.0 Å². The van der Waals surface area contributed by atoms with Crippen molar-refractivity contribution >= 4 is 23.3 Å². The predicted molar refractivity (Wildman–Crippen MR) is 109 cm³/mol. The summed E-state index contributed by atoms with van der Waals surface area (Å²) >= 11 is 1.43. The molecule has 8 heteroatoms. The maximum Gasteiger partial charge on any atom is 0.416 e. The molecule has 0 bridgehead atoms. The van der Waals surface area contributed by atoms with Gasteiger partial charge >= 0.3 is 6.18 Å². The molecule has 1 heterocycles. The van der Waals surface area contributed by atoms with E-state index in [1.165, 1.54) is 29.7 Å². The summed E-state index contributed by atoms with van der Waals surface area (Å²) in [4.78, 5) is 18.9. The van der Waals surface area contributed by atoms with Gasteiger partial charge in [0.15, 0.2) is 6.61 Å². The van der Waals surface area contributed by atoms with Crippen LogP contribution in [-0.4, -0.2) is 18.6 Å². The highest BCUT2D eigenvalue weighted by Gasteiger charge is 2.29. The van der Waals surface area contributed by atoms with Crippen LogP contribution in [0.25, 0.3) is 0 Å². The summed E-state index contributed by atoms with van der Waals surface area (Å²) in [6, 6.07) is 15.3. The van der Waals surface area contributed by atoms with Crippen LogP contribution in [0, 0.1) is 6.92 Å². The zero-order valence-corrected chi connectivity index (χ0v) is 16.8. The summed E-state index contributed by atoms with van der Waals surface area (Å²) in [5.74, 6) is 0.481. The molecule has 156 valence electrons. The van der Waals surface area contributed by atoms with Gasteiger partial charge in [-0.3, -0.25) is 4.79 Å². The number of carbonyl (C=O) groups excluding carboxylic acids is 1. The fourth-order valence-electron chi connectivity index (χ4n) is 2.45. The molecule has 0 aliphatic heterocycles. The number of hydrogen-bond acceptors (Lipinski definition) is 5. The second-order valence-electron chi connectivity index (χ2n) is 6.39. The van der Waals surface area contributed by atoms with E-state index in [1.807, 2.05) is 13.0 Å². The third kappa shape index (κ3) is 6.18. The van der Waals surface area contributed by atoms with E-state index >= 15 is 0 Å². The number of nitrogens with zero attached hydrogens (tertiary/aromatic N) is 1. The molecule has 2 aromatic carbocycles. The first kappa shape index (κ1) is 21.6. The Kier molecular flexibility index (Phi) is 6.89. The predicted octanol–water partition coefficient (Wildman–Crippen LogP) is 5.89. The molecule has 1 aromatic heterocycles. The molecule has 30 heavy (non-hydrogen) atoms. The summed E-state index contributed by atoms with van der Waals surface area (Å²) in [5.41, 5.74) is 0.619. The maximum absolute atomic E-state index is 12.5. The lowest BCUT2D eigenvalue weighted by atomic mass is 10.1.